The Morgan fingerprint density at radius 3 is 2.72 bits per heavy atom. The van der Waals surface area contributed by atoms with Crippen molar-refractivity contribution in [1.29, 1.82) is 0 Å². The third kappa shape index (κ3) is 2.79. The van der Waals surface area contributed by atoms with E-state index in [2.05, 4.69) is 15.3 Å². The van der Waals surface area contributed by atoms with E-state index in [-0.39, 0.29) is 10.6 Å². The van der Waals surface area contributed by atoms with Gasteiger partial charge in [0.2, 0.25) is 5.95 Å². The zero-order valence-electron chi connectivity index (χ0n) is 9.83. The maximum atomic E-state index is 10.8. The predicted molar refractivity (Wildman–Crippen MR) is 67.2 cm³/mol. The van der Waals surface area contributed by atoms with Crippen molar-refractivity contribution in [3.05, 3.63) is 57.9 Å². The van der Waals surface area contributed by atoms with Gasteiger partial charge < -0.3 is 5.32 Å². The van der Waals surface area contributed by atoms with E-state index in [0.29, 0.717) is 18.1 Å². The number of hydrogen-bond acceptors (Lipinski definition) is 5. The average molecular weight is 244 g/mol. The molecule has 18 heavy (non-hydrogen) atoms. The van der Waals surface area contributed by atoms with Crippen molar-refractivity contribution in [1.82, 2.24) is 9.97 Å². The lowest BCUT2D eigenvalue weighted by Crippen LogP contribution is -2.03. The highest BCUT2D eigenvalue weighted by Gasteiger charge is 2.10. The first kappa shape index (κ1) is 12.0. The molecule has 92 valence electrons. The van der Waals surface area contributed by atoms with Gasteiger partial charge in [0.05, 0.1) is 4.92 Å². The lowest BCUT2D eigenvalue weighted by Gasteiger charge is -2.05. The standard InChI is InChI=1S/C12H12N4O2/c1-9-3-4-10(7-11(9)16(17)18)8-15-12-13-5-2-6-14-12/h2-7H,8H2,1H3,(H,13,14,15). The van der Waals surface area contributed by atoms with Crippen LogP contribution < -0.4 is 5.32 Å². The van der Waals surface area contributed by atoms with Crippen LogP contribution in [0.2, 0.25) is 0 Å². The molecule has 6 nitrogen and oxygen atoms in total. The Hall–Kier alpha value is -2.50. The molecule has 0 fully saturated rings. The van der Waals surface area contributed by atoms with Gasteiger partial charge in [0.1, 0.15) is 0 Å². The predicted octanol–water partition coefficient (Wildman–Crippen LogP) is 2.31. The lowest BCUT2D eigenvalue weighted by molar-refractivity contribution is -0.385. The van der Waals surface area contributed by atoms with E-state index in [1.807, 2.05) is 6.07 Å². The van der Waals surface area contributed by atoms with E-state index < -0.39 is 0 Å². The van der Waals surface area contributed by atoms with Crippen molar-refractivity contribution < 1.29 is 4.92 Å². The van der Waals surface area contributed by atoms with Crippen LogP contribution in [0.1, 0.15) is 11.1 Å². The summed E-state index contributed by atoms with van der Waals surface area (Å²) in [5, 5.41) is 13.8. The van der Waals surface area contributed by atoms with Crippen molar-refractivity contribution in [3.8, 4) is 0 Å². The molecular formula is C12H12N4O2. The summed E-state index contributed by atoms with van der Waals surface area (Å²) < 4.78 is 0. The van der Waals surface area contributed by atoms with Gasteiger partial charge in [0.25, 0.3) is 5.69 Å². The summed E-state index contributed by atoms with van der Waals surface area (Å²) in [4.78, 5) is 18.5. The number of hydrogen-bond donors (Lipinski definition) is 1. The number of aromatic nitrogens is 2. The van der Waals surface area contributed by atoms with E-state index in [0.717, 1.165) is 5.56 Å². The van der Waals surface area contributed by atoms with Gasteiger partial charge in [-0.15, -0.1) is 0 Å². The maximum absolute atomic E-state index is 10.8. The molecule has 6 heteroatoms. The second-order valence-corrected chi connectivity index (χ2v) is 3.80. The second-order valence-electron chi connectivity index (χ2n) is 3.80. The Kier molecular flexibility index (Phi) is 3.47. The molecule has 1 N–H and O–H groups in total. The van der Waals surface area contributed by atoms with Gasteiger partial charge in [-0.25, -0.2) is 9.97 Å². The number of rotatable bonds is 4. The molecule has 0 radical (unpaired) electrons. The Morgan fingerprint density at radius 2 is 2.06 bits per heavy atom. The summed E-state index contributed by atoms with van der Waals surface area (Å²) in [5.74, 6) is 0.501. The van der Waals surface area contributed by atoms with Crippen molar-refractivity contribution in [2.75, 3.05) is 5.32 Å². The number of nitro benzene ring substituents is 1. The molecule has 0 aliphatic carbocycles. The van der Waals surface area contributed by atoms with Crippen LogP contribution in [0.3, 0.4) is 0 Å². The van der Waals surface area contributed by atoms with Crippen molar-refractivity contribution in [3.63, 3.8) is 0 Å². The van der Waals surface area contributed by atoms with Crippen LogP contribution in [0.4, 0.5) is 11.6 Å². The van der Waals surface area contributed by atoms with Crippen molar-refractivity contribution >= 4 is 11.6 Å². The number of nitrogens with zero attached hydrogens (tertiary/aromatic N) is 3. The minimum absolute atomic E-state index is 0.128. The average Bonchev–Trinajstić information content (AvgIpc) is 2.38. The Bertz CT molecular complexity index is 557. The molecule has 0 unspecified atom stereocenters. The highest BCUT2D eigenvalue weighted by Crippen LogP contribution is 2.19. The molecular weight excluding hydrogens is 232 g/mol. The largest absolute Gasteiger partial charge is 0.350 e. The lowest BCUT2D eigenvalue weighted by atomic mass is 10.1. The molecule has 0 amide bonds. The molecule has 0 aliphatic heterocycles. The molecule has 1 heterocycles. The highest BCUT2D eigenvalue weighted by atomic mass is 16.6. The minimum atomic E-state index is -0.377. The molecule has 0 atom stereocenters. The number of benzene rings is 1. The third-order valence-corrected chi connectivity index (χ3v) is 2.49. The summed E-state index contributed by atoms with van der Waals surface area (Å²) in [6.45, 7) is 2.17. The van der Waals surface area contributed by atoms with Gasteiger partial charge in [0.15, 0.2) is 0 Å². The molecule has 2 aromatic rings. The van der Waals surface area contributed by atoms with Crippen LogP contribution >= 0.6 is 0 Å². The monoisotopic (exact) mass is 244 g/mol. The quantitative estimate of drug-likeness (QED) is 0.659. The van der Waals surface area contributed by atoms with Gasteiger partial charge in [-0.3, -0.25) is 10.1 Å². The van der Waals surface area contributed by atoms with E-state index in [4.69, 9.17) is 0 Å². The first-order valence-corrected chi connectivity index (χ1v) is 5.41. The highest BCUT2D eigenvalue weighted by molar-refractivity contribution is 5.43. The van der Waals surface area contributed by atoms with E-state index >= 15 is 0 Å². The first-order chi connectivity index (χ1) is 8.66. The first-order valence-electron chi connectivity index (χ1n) is 5.41. The third-order valence-electron chi connectivity index (χ3n) is 2.49. The summed E-state index contributed by atoms with van der Waals surface area (Å²) >= 11 is 0. The Morgan fingerprint density at radius 1 is 1.33 bits per heavy atom. The molecule has 0 saturated heterocycles. The van der Waals surface area contributed by atoms with Gasteiger partial charge in [-0.1, -0.05) is 12.1 Å². The zero-order valence-corrected chi connectivity index (χ0v) is 9.83. The van der Waals surface area contributed by atoms with Crippen molar-refractivity contribution in [2.24, 2.45) is 0 Å². The molecule has 1 aromatic carbocycles. The summed E-state index contributed by atoms with van der Waals surface area (Å²) in [5.41, 5.74) is 1.60. The molecule has 0 spiro atoms. The summed E-state index contributed by atoms with van der Waals surface area (Å²) in [6, 6.07) is 6.87. The number of anilines is 1. The fourth-order valence-corrected chi connectivity index (χ4v) is 1.53. The SMILES string of the molecule is Cc1ccc(CNc2ncccn2)cc1[N+](=O)[O-]. The van der Waals surface area contributed by atoms with Crippen molar-refractivity contribution in [2.45, 2.75) is 13.5 Å². The minimum Gasteiger partial charge on any atom is -0.350 e. The fraction of sp³-hybridized carbons (Fsp3) is 0.167. The van der Waals surface area contributed by atoms with Crippen LogP contribution in [0.5, 0.6) is 0 Å². The smallest absolute Gasteiger partial charge is 0.272 e. The number of nitrogens with one attached hydrogen (secondary N) is 1. The number of nitro groups is 1. The molecule has 1 aromatic heterocycles. The molecule has 0 bridgehead atoms. The van der Waals surface area contributed by atoms with Crippen LogP contribution in [-0.4, -0.2) is 14.9 Å². The molecule has 0 saturated carbocycles. The number of aryl methyl sites for hydroxylation is 1. The Labute approximate surface area is 104 Å². The summed E-state index contributed by atoms with van der Waals surface area (Å²) in [7, 11) is 0. The topological polar surface area (TPSA) is 81.0 Å². The second kappa shape index (κ2) is 5.22. The van der Waals surface area contributed by atoms with E-state index in [9.17, 15) is 10.1 Å². The van der Waals surface area contributed by atoms with Crippen LogP contribution in [0, 0.1) is 17.0 Å². The van der Waals surface area contributed by atoms with Crippen LogP contribution in [0.15, 0.2) is 36.7 Å². The molecule has 2 rings (SSSR count). The van der Waals surface area contributed by atoms with E-state index in [1.54, 1.807) is 37.5 Å². The van der Waals surface area contributed by atoms with Gasteiger partial charge in [0, 0.05) is 30.6 Å². The van der Waals surface area contributed by atoms with Gasteiger partial charge >= 0.3 is 0 Å². The fourth-order valence-electron chi connectivity index (χ4n) is 1.53. The van der Waals surface area contributed by atoms with Crippen LogP contribution in [-0.2, 0) is 6.54 Å². The molecule has 0 aliphatic rings. The Balaban J connectivity index is 2.11. The van der Waals surface area contributed by atoms with Crippen LogP contribution in [0.25, 0.3) is 0 Å². The van der Waals surface area contributed by atoms with Gasteiger partial charge in [-0.2, -0.15) is 0 Å². The zero-order chi connectivity index (χ0) is 13.0. The van der Waals surface area contributed by atoms with E-state index in [1.165, 1.54) is 0 Å². The maximum Gasteiger partial charge on any atom is 0.272 e. The normalized spacial score (nSPS) is 10.1. The summed E-state index contributed by atoms with van der Waals surface area (Å²) in [6.07, 6.45) is 3.26. The van der Waals surface area contributed by atoms with Gasteiger partial charge in [-0.05, 0) is 18.6 Å².